The Hall–Kier alpha value is -2.61. The van der Waals surface area contributed by atoms with Crippen LogP contribution in [0.15, 0.2) is 36.5 Å². The lowest BCUT2D eigenvalue weighted by Gasteiger charge is -2.09. The second kappa shape index (κ2) is 6.95. The number of rotatable bonds is 4. The molecule has 26 heavy (non-hydrogen) atoms. The highest BCUT2D eigenvalue weighted by Gasteiger charge is 2.32. The molecule has 0 aliphatic carbocycles. The Morgan fingerprint density at radius 3 is 2.58 bits per heavy atom. The Kier molecular flexibility index (Phi) is 4.86. The molecule has 136 valence electrons. The van der Waals surface area contributed by atoms with Gasteiger partial charge in [0.2, 0.25) is 5.91 Å². The number of halogens is 4. The fourth-order valence-electron chi connectivity index (χ4n) is 2.41. The van der Waals surface area contributed by atoms with Crippen molar-refractivity contribution < 1.29 is 18.0 Å². The van der Waals surface area contributed by atoms with Gasteiger partial charge in [-0.25, -0.2) is 0 Å². The lowest BCUT2D eigenvalue weighted by Crippen LogP contribution is -2.25. The van der Waals surface area contributed by atoms with Gasteiger partial charge >= 0.3 is 6.18 Å². The molecule has 0 bridgehead atoms. The van der Waals surface area contributed by atoms with E-state index in [9.17, 15) is 18.0 Å². The zero-order chi connectivity index (χ0) is 18.9. The molecule has 0 saturated heterocycles. The molecule has 0 atom stereocenters. The van der Waals surface area contributed by atoms with Crippen LogP contribution in [0.4, 0.5) is 13.2 Å². The maximum atomic E-state index is 12.9. The minimum absolute atomic E-state index is 0.0660. The number of carbonyl (C=O) groups excluding carboxylic acids is 1. The van der Waals surface area contributed by atoms with Gasteiger partial charge in [-0.15, -0.1) is 10.2 Å². The largest absolute Gasteiger partial charge is 0.417 e. The van der Waals surface area contributed by atoms with Crippen molar-refractivity contribution in [2.75, 3.05) is 0 Å². The first-order valence-electron chi connectivity index (χ1n) is 7.66. The summed E-state index contributed by atoms with van der Waals surface area (Å²) in [6.45, 7) is 1.88. The SMILES string of the molecule is Cc1ccc(CC(=O)NCc2nnc3c(Cl)cc(C(F)(F)F)cn23)cc1. The van der Waals surface area contributed by atoms with E-state index in [1.807, 2.05) is 31.2 Å². The van der Waals surface area contributed by atoms with Crippen LogP contribution in [0.5, 0.6) is 0 Å². The molecule has 1 aromatic carbocycles. The predicted molar refractivity (Wildman–Crippen MR) is 89.7 cm³/mol. The third-order valence-electron chi connectivity index (χ3n) is 3.79. The number of aryl methyl sites for hydroxylation is 1. The van der Waals surface area contributed by atoms with Crippen LogP contribution >= 0.6 is 11.6 Å². The van der Waals surface area contributed by atoms with E-state index in [4.69, 9.17) is 11.6 Å². The standard InChI is InChI=1S/C17H14ClF3N4O/c1-10-2-4-11(5-3-10)6-15(26)22-8-14-23-24-16-13(18)7-12(9-25(14)16)17(19,20)21/h2-5,7,9H,6,8H2,1H3,(H,22,26). The van der Waals surface area contributed by atoms with Gasteiger partial charge in [-0.05, 0) is 18.6 Å². The van der Waals surface area contributed by atoms with Crippen molar-refractivity contribution in [3.05, 3.63) is 64.1 Å². The number of amides is 1. The van der Waals surface area contributed by atoms with Crippen LogP contribution in [0, 0.1) is 6.92 Å². The third-order valence-corrected chi connectivity index (χ3v) is 4.06. The van der Waals surface area contributed by atoms with Crippen molar-refractivity contribution in [2.24, 2.45) is 0 Å². The number of benzene rings is 1. The lowest BCUT2D eigenvalue weighted by atomic mass is 10.1. The topological polar surface area (TPSA) is 59.3 Å². The highest BCUT2D eigenvalue weighted by Crippen LogP contribution is 2.32. The quantitative estimate of drug-likeness (QED) is 0.750. The molecular weight excluding hydrogens is 369 g/mol. The number of alkyl halides is 3. The fraction of sp³-hybridized carbons (Fsp3) is 0.235. The molecule has 2 aromatic heterocycles. The Morgan fingerprint density at radius 2 is 1.92 bits per heavy atom. The normalized spacial score (nSPS) is 11.7. The average Bonchev–Trinajstić information content (AvgIpc) is 2.98. The van der Waals surface area contributed by atoms with Crippen molar-refractivity contribution in [1.82, 2.24) is 19.9 Å². The molecular formula is C17H14ClF3N4O. The van der Waals surface area contributed by atoms with E-state index < -0.39 is 11.7 Å². The van der Waals surface area contributed by atoms with Gasteiger partial charge in [0.05, 0.1) is 23.6 Å². The molecule has 9 heteroatoms. The summed E-state index contributed by atoms with van der Waals surface area (Å²) in [5.41, 5.74) is 1.10. The molecule has 5 nitrogen and oxygen atoms in total. The number of hydrogen-bond acceptors (Lipinski definition) is 3. The molecule has 0 aliphatic rings. The minimum Gasteiger partial charge on any atom is -0.348 e. The van der Waals surface area contributed by atoms with Crippen molar-refractivity contribution in [2.45, 2.75) is 26.1 Å². The molecule has 0 unspecified atom stereocenters. The van der Waals surface area contributed by atoms with Gasteiger partial charge in [0.15, 0.2) is 11.5 Å². The van der Waals surface area contributed by atoms with Crippen molar-refractivity contribution in [3.8, 4) is 0 Å². The summed E-state index contributed by atoms with van der Waals surface area (Å²) in [4.78, 5) is 12.0. The van der Waals surface area contributed by atoms with Gasteiger partial charge in [-0.1, -0.05) is 41.4 Å². The Labute approximate surface area is 151 Å². The summed E-state index contributed by atoms with van der Waals surface area (Å²) in [5.74, 6) is -0.117. The molecule has 3 aromatic rings. The summed E-state index contributed by atoms with van der Waals surface area (Å²) in [7, 11) is 0. The number of fused-ring (bicyclic) bond motifs is 1. The van der Waals surface area contributed by atoms with E-state index in [0.29, 0.717) is 0 Å². The number of nitrogens with one attached hydrogen (secondary N) is 1. The number of pyridine rings is 1. The zero-order valence-corrected chi connectivity index (χ0v) is 14.4. The van der Waals surface area contributed by atoms with Crippen LogP contribution in [-0.2, 0) is 23.9 Å². The van der Waals surface area contributed by atoms with Gasteiger partial charge in [0.25, 0.3) is 0 Å². The molecule has 0 aliphatic heterocycles. The Morgan fingerprint density at radius 1 is 1.23 bits per heavy atom. The van der Waals surface area contributed by atoms with E-state index in [1.165, 1.54) is 0 Å². The van der Waals surface area contributed by atoms with E-state index in [1.54, 1.807) is 0 Å². The molecule has 1 N–H and O–H groups in total. The third kappa shape index (κ3) is 3.96. The van der Waals surface area contributed by atoms with Crippen LogP contribution in [0.2, 0.25) is 5.02 Å². The highest BCUT2D eigenvalue weighted by molar-refractivity contribution is 6.33. The second-order valence-electron chi connectivity index (χ2n) is 5.82. The highest BCUT2D eigenvalue weighted by atomic mass is 35.5. The van der Waals surface area contributed by atoms with Gasteiger partial charge < -0.3 is 5.32 Å². The van der Waals surface area contributed by atoms with Gasteiger partial charge in [0, 0.05) is 6.20 Å². The van der Waals surface area contributed by atoms with Crippen LogP contribution in [0.25, 0.3) is 5.65 Å². The summed E-state index contributed by atoms with van der Waals surface area (Å²) >= 11 is 5.85. The molecule has 0 saturated carbocycles. The minimum atomic E-state index is -4.55. The van der Waals surface area contributed by atoms with Crippen LogP contribution < -0.4 is 5.32 Å². The second-order valence-corrected chi connectivity index (χ2v) is 6.23. The molecule has 0 fully saturated rings. The molecule has 3 rings (SSSR count). The number of carbonyl (C=O) groups is 1. The van der Waals surface area contributed by atoms with Crippen LogP contribution in [0.3, 0.4) is 0 Å². The maximum absolute atomic E-state index is 12.9. The summed E-state index contributed by atoms with van der Waals surface area (Å²) in [6, 6.07) is 8.28. The van der Waals surface area contributed by atoms with E-state index in [2.05, 4.69) is 15.5 Å². The number of aromatic nitrogens is 3. The average molecular weight is 383 g/mol. The zero-order valence-electron chi connectivity index (χ0n) is 13.6. The monoisotopic (exact) mass is 382 g/mol. The Bertz CT molecular complexity index is 951. The van der Waals surface area contributed by atoms with Crippen LogP contribution in [-0.4, -0.2) is 20.5 Å². The van der Waals surface area contributed by atoms with Gasteiger partial charge in [0.1, 0.15) is 0 Å². The van der Waals surface area contributed by atoms with Crippen molar-refractivity contribution in [1.29, 1.82) is 0 Å². The maximum Gasteiger partial charge on any atom is 0.417 e. The van der Waals surface area contributed by atoms with Crippen molar-refractivity contribution in [3.63, 3.8) is 0 Å². The Balaban J connectivity index is 1.75. The number of hydrogen-bond donors (Lipinski definition) is 1. The first-order valence-corrected chi connectivity index (χ1v) is 8.04. The summed E-state index contributed by atoms with van der Waals surface area (Å²) in [5, 5.41) is 10.1. The van der Waals surface area contributed by atoms with Crippen LogP contribution in [0.1, 0.15) is 22.5 Å². The molecule has 2 heterocycles. The number of nitrogens with zero attached hydrogens (tertiary/aromatic N) is 3. The molecule has 1 amide bonds. The predicted octanol–water partition coefficient (Wildman–Crippen LogP) is 3.57. The fourth-order valence-corrected chi connectivity index (χ4v) is 2.65. The first-order chi connectivity index (χ1) is 12.2. The molecule has 0 radical (unpaired) electrons. The smallest absolute Gasteiger partial charge is 0.348 e. The molecule has 0 spiro atoms. The van der Waals surface area contributed by atoms with E-state index >= 15 is 0 Å². The van der Waals surface area contributed by atoms with Gasteiger partial charge in [-0.2, -0.15) is 13.2 Å². The van der Waals surface area contributed by atoms with Crippen molar-refractivity contribution >= 4 is 23.2 Å². The lowest BCUT2D eigenvalue weighted by molar-refractivity contribution is -0.137. The van der Waals surface area contributed by atoms with Gasteiger partial charge in [-0.3, -0.25) is 9.20 Å². The van der Waals surface area contributed by atoms with E-state index in [-0.39, 0.29) is 35.4 Å². The summed E-state index contributed by atoms with van der Waals surface area (Å²) in [6.07, 6.45) is -3.53. The summed E-state index contributed by atoms with van der Waals surface area (Å²) < 4.78 is 39.9. The first kappa shape index (κ1) is 18.2. The van der Waals surface area contributed by atoms with E-state index in [0.717, 1.165) is 27.8 Å².